The van der Waals surface area contributed by atoms with E-state index in [2.05, 4.69) is 25.4 Å². The van der Waals surface area contributed by atoms with E-state index in [9.17, 15) is 18.0 Å². The molecule has 2 aromatic carbocycles. The summed E-state index contributed by atoms with van der Waals surface area (Å²) >= 11 is 0. The van der Waals surface area contributed by atoms with Gasteiger partial charge in [0, 0.05) is 37.4 Å². The maximum Gasteiger partial charge on any atom is 0.416 e. The Kier molecular flexibility index (Phi) is 6.50. The lowest BCUT2D eigenvalue weighted by Gasteiger charge is -2.40. The summed E-state index contributed by atoms with van der Waals surface area (Å²) in [5.41, 5.74) is 1.47. The van der Waals surface area contributed by atoms with Gasteiger partial charge >= 0.3 is 6.18 Å². The van der Waals surface area contributed by atoms with Crippen LogP contribution in [-0.2, 0) is 11.7 Å². The molecule has 1 saturated heterocycles. The first-order valence-electron chi connectivity index (χ1n) is 12.5. The number of piperazine rings is 1. The minimum atomic E-state index is -4.40. The summed E-state index contributed by atoms with van der Waals surface area (Å²) in [5, 5.41) is 13.4. The van der Waals surface area contributed by atoms with Crippen LogP contribution < -0.4 is 10.5 Å². The number of nitrogens with one attached hydrogen (secondary N) is 1. The first-order valence-corrected chi connectivity index (χ1v) is 12.5. The first-order chi connectivity index (χ1) is 17.9. The van der Waals surface area contributed by atoms with Gasteiger partial charge in [-0.2, -0.15) is 13.2 Å². The third kappa shape index (κ3) is 4.90. The van der Waals surface area contributed by atoms with E-state index in [0.717, 1.165) is 22.5 Å². The molecular formula is C27H30F3N7O. The Morgan fingerprint density at radius 1 is 0.974 bits per heavy atom. The summed E-state index contributed by atoms with van der Waals surface area (Å²) in [6, 6.07) is 12.6. The number of pyridine rings is 1. The van der Waals surface area contributed by atoms with E-state index >= 15 is 0 Å². The number of halogens is 3. The van der Waals surface area contributed by atoms with Crippen molar-refractivity contribution in [3.63, 3.8) is 0 Å². The lowest BCUT2D eigenvalue weighted by molar-refractivity contribution is -0.137. The molecule has 0 amide bonds. The molecular weight excluding hydrogens is 495 g/mol. The van der Waals surface area contributed by atoms with Gasteiger partial charge in [0.15, 0.2) is 5.82 Å². The highest BCUT2D eigenvalue weighted by Crippen LogP contribution is 2.34. The fourth-order valence-electron chi connectivity index (χ4n) is 5.06. The first kappa shape index (κ1) is 25.9. The quantitative estimate of drug-likeness (QED) is 0.422. The molecule has 1 fully saturated rings. The SMILES string of the molecule is Cc1cccc2cc(C(c3nnnn3C(C)(C)C)N3CCN(c4cccc(C(F)(F)F)c4)CC3)c(=O)[nH]c12. The summed E-state index contributed by atoms with van der Waals surface area (Å²) < 4.78 is 41.6. The molecule has 4 aromatic rings. The van der Waals surface area contributed by atoms with Crippen molar-refractivity contribution in [3.8, 4) is 0 Å². The molecule has 200 valence electrons. The molecule has 0 aliphatic carbocycles. The lowest BCUT2D eigenvalue weighted by Crippen LogP contribution is -2.49. The maximum atomic E-state index is 13.5. The topological polar surface area (TPSA) is 82.9 Å². The van der Waals surface area contributed by atoms with Crippen molar-refractivity contribution in [2.24, 2.45) is 0 Å². The zero-order chi connectivity index (χ0) is 27.2. The number of H-pyrrole nitrogens is 1. The number of anilines is 1. The Morgan fingerprint density at radius 2 is 1.68 bits per heavy atom. The van der Waals surface area contributed by atoms with Crippen molar-refractivity contribution in [1.82, 2.24) is 30.1 Å². The van der Waals surface area contributed by atoms with E-state index in [1.54, 1.807) is 10.7 Å². The number of para-hydroxylation sites is 1. The zero-order valence-electron chi connectivity index (χ0n) is 21.8. The smallest absolute Gasteiger partial charge is 0.369 e. The largest absolute Gasteiger partial charge is 0.416 e. The molecule has 0 bridgehead atoms. The Hall–Kier alpha value is -3.73. The van der Waals surface area contributed by atoms with Gasteiger partial charge in [0.1, 0.15) is 6.04 Å². The number of nitrogens with zero attached hydrogens (tertiary/aromatic N) is 6. The van der Waals surface area contributed by atoms with E-state index in [4.69, 9.17) is 0 Å². The molecule has 3 heterocycles. The number of rotatable bonds is 4. The number of fused-ring (bicyclic) bond motifs is 1. The lowest BCUT2D eigenvalue weighted by atomic mass is 10.00. The fourth-order valence-corrected chi connectivity index (χ4v) is 5.06. The maximum absolute atomic E-state index is 13.5. The van der Waals surface area contributed by atoms with Crippen LogP contribution in [0.15, 0.2) is 53.3 Å². The molecule has 2 aromatic heterocycles. The summed E-state index contributed by atoms with van der Waals surface area (Å²) in [4.78, 5) is 20.6. The Labute approximate surface area is 218 Å². The zero-order valence-corrected chi connectivity index (χ0v) is 21.8. The minimum Gasteiger partial charge on any atom is -0.369 e. The van der Waals surface area contributed by atoms with Gasteiger partial charge in [-0.25, -0.2) is 4.68 Å². The van der Waals surface area contributed by atoms with E-state index in [1.807, 2.05) is 56.9 Å². The van der Waals surface area contributed by atoms with Gasteiger partial charge in [-0.1, -0.05) is 24.3 Å². The van der Waals surface area contributed by atoms with Crippen LogP contribution in [-0.4, -0.2) is 56.3 Å². The molecule has 1 atom stereocenters. The third-order valence-corrected chi connectivity index (χ3v) is 7.00. The molecule has 0 saturated carbocycles. The van der Waals surface area contributed by atoms with Crippen molar-refractivity contribution >= 4 is 16.6 Å². The monoisotopic (exact) mass is 525 g/mol. The molecule has 1 aliphatic rings. The Balaban J connectivity index is 1.52. The molecule has 1 N–H and O–H groups in total. The number of alkyl halides is 3. The average Bonchev–Trinajstić information content (AvgIpc) is 3.36. The molecule has 38 heavy (non-hydrogen) atoms. The number of tetrazole rings is 1. The van der Waals surface area contributed by atoms with Crippen LogP contribution in [0.4, 0.5) is 18.9 Å². The van der Waals surface area contributed by atoms with Crippen molar-refractivity contribution in [1.29, 1.82) is 0 Å². The summed E-state index contributed by atoms with van der Waals surface area (Å²) in [6.07, 6.45) is -4.40. The number of aromatic amines is 1. The molecule has 8 nitrogen and oxygen atoms in total. The van der Waals surface area contributed by atoms with Gasteiger partial charge in [-0.15, -0.1) is 5.10 Å². The molecule has 0 spiro atoms. The number of hydrogen-bond acceptors (Lipinski definition) is 6. The molecule has 5 rings (SSSR count). The van der Waals surface area contributed by atoms with Crippen LogP contribution in [0, 0.1) is 6.92 Å². The molecule has 0 radical (unpaired) electrons. The van der Waals surface area contributed by atoms with Crippen LogP contribution >= 0.6 is 0 Å². The van der Waals surface area contributed by atoms with Gasteiger partial charge in [-0.05, 0) is 73.3 Å². The van der Waals surface area contributed by atoms with Crippen LogP contribution in [0.3, 0.4) is 0 Å². The van der Waals surface area contributed by atoms with Crippen LogP contribution in [0.1, 0.15) is 49.3 Å². The standard InChI is InChI=1S/C27H30F3N7O/c1-17-7-5-8-18-15-21(25(38)31-22(17)18)23(24-32-33-34-37(24)26(2,3)4)36-13-11-35(12-14-36)20-10-6-9-19(16-20)27(28,29)30/h5-10,15-16,23H,11-14H2,1-4H3,(H,31,38). The highest BCUT2D eigenvalue weighted by Gasteiger charge is 2.36. The van der Waals surface area contributed by atoms with Gasteiger partial charge in [0.05, 0.1) is 16.6 Å². The Bertz CT molecular complexity index is 1510. The van der Waals surface area contributed by atoms with Gasteiger partial charge in [0.2, 0.25) is 0 Å². The van der Waals surface area contributed by atoms with Gasteiger partial charge < -0.3 is 9.88 Å². The highest BCUT2D eigenvalue weighted by molar-refractivity contribution is 5.82. The minimum absolute atomic E-state index is 0.222. The number of benzene rings is 2. The third-order valence-electron chi connectivity index (χ3n) is 7.00. The van der Waals surface area contributed by atoms with E-state index < -0.39 is 23.3 Å². The average molecular weight is 526 g/mol. The van der Waals surface area contributed by atoms with E-state index in [0.29, 0.717) is 43.3 Å². The van der Waals surface area contributed by atoms with Crippen LogP contribution in [0.25, 0.3) is 10.9 Å². The molecule has 1 aliphatic heterocycles. The molecule has 11 heteroatoms. The molecule has 1 unspecified atom stereocenters. The van der Waals surface area contributed by atoms with Crippen molar-refractivity contribution < 1.29 is 13.2 Å². The Morgan fingerprint density at radius 3 is 2.37 bits per heavy atom. The predicted octanol–water partition coefficient (Wildman–Crippen LogP) is 4.51. The van der Waals surface area contributed by atoms with Crippen molar-refractivity contribution in [3.05, 3.63) is 81.4 Å². The van der Waals surface area contributed by atoms with Crippen LogP contribution in [0.5, 0.6) is 0 Å². The summed E-state index contributed by atoms with van der Waals surface area (Å²) in [6.45, 7) is 9.89. The normalized spacial score (nSPS) is 16.2. The fraction of sp³-hybridized carbons (Fsp3) is 0.407. The number of aromatic nitrogens is 5. The van der Waals surface area contributed by atoms with Crippen LogP contribution in [0.2, 0.25) is 0 Å². The summed E-state index contributed by atoms with van der Waals surface area (Å²) in [5.74, 6) is 0.544. The highest BCUT2D eigenvalue weighted by atomic mass is 19.4. The van der Waals surface area contributed by atoms with Gasteiger partial charge in [0.25, 0.3) is 5.56 Å². The second-order valence-electron chi connectivity index (χ2n) is 10.7. The number of aryl methyl sites for hydroxylation is 1. The van der Waals surface area contributed by atoms with E-state index in [-0.39, 0.29) is 5.56 Å². The van der Waals surface area contributed by atoms with E-state index in [1.165, 1.54) is 12.1 Å². The second kappa shape index (κ2) is 9.54. The van der Waals surface area contributed by atoms with Crippen molar-refractivity contribution in [2.45, 2.75) is 45.5 Å². The summed E-state index contributed by atoms with van der Waals surface area (Å²) in [7, 11) is 0. The van der Waals surface area contributed by atoms with Gasteiger partial charge in [-0.3, -0.25) is 9.69 Å². The van der Waals surface area contributed by atoms with Crippen molar-refractivity contribution in [2.75, 3.05) is 31.1 Å². The predicted molar refractivity (Wildman–Crippen MR) is 139 cm³/mol. The second-order valence-corrected chi connectivity index (χ2v) is 10.7. The number of hydrogen-bond donors (Lipinski definition) is 1.